The molecule has 146 valence electrons. The van der Waals surface area contributed by atoms with Crippen molar-refractivity contribution in [3.05, 3.63) is 84.4 Å². The fraction of sp³-hybridized carbons (Fsp3) is 0.167. The molecule has 1 amide bonds. The van der Waals surface area contributed by atoms with E-state index in [-0.39, 0.29) is 19.1 Å². The van der Waals surface area contributed by atoms with Crippen LogP contribution in [0.5, 0.6) is 5.75 Å². The first kappa shape index (κ1) is 18.7. The first-order chi connectivity index (χ1) is 14.2. The first-order valence-corrected chi connectivity index (χ1v) is 9.53. The molecule has 0 fully saturated rings. The van der Waals surface area contributed by atoms with E-state index in [4.69, 9.17) is 9.47 Å². The highest BCUT2D eigenvalue weighted by Gasteiger charge is 2.24. The number of carbonyl (C=O) groups is 2. The standard InChI is InChI=1S/C24H21NO4/c26-23(25-15-14-20-8-4-5-9-22(20)25)16-29-24(27)17-28-21-12-10-19(11-13-21)18-6-2-1-3-7-18/h1-13H,14-17H2. The van der Waals surface area contributed by atoms with Gasteiger partial charge in [-0.05, 0) is 41.3 Å². The second kappa shape index (κ2) is 8.61. The number of esters is 1. The summed E-state index contributed by atoms with van der Waals surface area (Å²) in [4.78, 5) is 26.0. The lowest BCUT2D eigenvalue weighted by Gasteiger charge is -2.17. The van der Waals surface area contributed by atoms with Crippen molar-refractivity contribution in [3.8, 4) is 16.9 Å². The van der Waals surface area contributed by atoms with Crippen LogP contribution in [0.2, 0.25) is 0 Å². The third-order valence-corrected chi connectivity index (χ3v) is 4.86. The van der Waals surface area contributed by atoms with Crippen molar-refractivity contribution in [2.75, 3.05) is 24.7 Å². The topological polar surface area (TPSA) is 55.8 Å². The number of carbonyl (C=O) groups excluding carboxylic acids is 2. The van der Waals surface area contributed by atoms with Gasteiger partial charge in [-0.3, -0.25) is 4.79 Å². The Morgan fingerprint density at radius 1 is 0.793 bits per heavy atom. The Morgan fingerprint density at radius 3 is 2.28 bits per heavy atom. The number of hydrogen-bond donors (Lipinski definition) is 0. The minimum atomic E-state index is -0.571. The van der Waals surface area contributed by atoms with E-state index < -0.39 is 5.97 Å². The summed E-state index contributed by atoms with van der Waals surface area (Å²) in [7, 11) is 0. The molecule has 0 saturated carbocycles. The van der Waals surface area contributed by atoms with E-state index in [0.29, 0.717) is 12.3 Å². The van der Waals surface area contributed by atoms with Crippen molar-refractivity contribution in [1.29, 1.82) is 0 Å². The molecule has 3 aromatic carbocycles. The zero-order valence-electron chi connectivity index (χ0n) is 15.9. The van der Waals surface area contributed by atoms with Gasteiger partial charge in [0, 0.05) is 12.2 Å². The Balaban J connectivity index is 1.25. The lowest BCUT2D eigenvalue weighted by atomic mass is 10.1. The number of nitrogens with zero attached hydrogens (tertiary/aromatic N) is 1. The molecule has 1 aliphatic rings. The van der Waals surface area contributed by atoms with E-state index in [2.05, 4.69) is 0 Å². The van der Waals surface area contributed by atoms with Crippen LogP contribution < -0.4 is 9.64 Å². The van der Waals surface area contributed by atoms with Gasteiger partial charge >= 0.3 is 5.97 Å². The molecule has 1 heterocycles. The zero-order chi connectivity index (χ0) is 20.1. The number of anilines is 1. The van der Waals surface area contributed by atoms with Crippen molar-refractivity contribution >= 4 is 17.6 Å². The maximum absolute atomic E-state index is 12.4. The molecular weight excluding hydrogens is 366 g/mol. The molecule has 0 N–H and O–H groups in total. The molecule has 0 unspecified atom stereocenters. The lowest BCUT2D eigenvalue weighted by Crippen LogP contribution is -2.33. The highest BCUT2D eigenvalue weighted by molar-refractivity contribution is 5.97. The van der Waals surface area contributed by atoms with Crippen LogP contribution in [0.25, 0.3) is 11.1 Å². The van der Waals surface area contributed by atoms with Gasteiger partial charge in [0.2, 0.25) is 0 Å². The van der Waals surface area contributed by atoms with Crippen LogP contribution in [0.3, 0.4) is 0 Å². The minimum absolute atomic E-state index is 0.226. The first-order valence-electron chi connectivity index (χ1n) is 9.53. The number of amides is 1. The summed E-state index contributed by atoms with van der Waals surface area (Å²) in [5, 5.41) is 0. The molecule has 0 atom stereocenters. The summed E-state index contributed by atoms with van der Waals surface area (Å²) in [6.07, 6.45) is 0.817. The Morgan fingerprint density at radius 2 is 1.48 bits per heavy atom. The van der Waals surface area contributed by atoms with E-state index in [1.165, 1.54) is 0 Å². The maximum atomic E-state index is 12.4. The van der Waals surface area contributed by atoms with Crippen LogP contribution in [0.4, 0.5) is 5.69 Å². The Labute approximate surface area is 169 Å². The molecule has 4 rings (SSSR count). The molecule has 0 radical (unpaired) electrons. The second-order valence-electron chi connectivity index (χ2n) is 6.76. The number of hydrogen-bond acceptors (Lipinski definition) is 4. The van der Waals surface area contributed by atoms with Gasteiger partial charge in [0.05, 0.1) is 0 Å². The number of benzene rings is 3. The zero-order valence-corrected chi connectivity index (χ0v) is 15.9. The molecule has 0 saturated heterocycles. The fourth-order valence-electron chi connectivity index (χ4n) is 3.38. The fourth-order valence-corrected chi connectivity index (χ4v) is 3.38. The predicted octanol–water partition coefficient (Wildman–Crippen LogP) is 3.86. The van der Waals surface area contributed by atoms with Gasteiger partial charge in [0.25, 0.3) is 5.91 Å². The highest BCUT2D eigenvalue weighted by atomic mass is 16.6. The summed E-state index contributed by atoms with van der Waals surface area (Å²) in [5.74, 6) is -0.227. The normalized spacial score (nSPS) is 12.3. The van der Waals surface area contributed by atoms with E-state index in [1.54, 1.807) is 4.90 Å². The van der Waals surface area contributed by atoms with Gasteiger partial charge < -0.3 is 14.4 Å². The van der Waals surface area contributed by atoms with E-state index in [9.17, 15) is 9.59 Å². The summed E-state index contributed by atoms with van der Waals surface area (Å²) in [6.45, 7) is 0.0814. The number of para-hydroxylation sites is 1. The summed E-state index contributed by atoms with van der Waals surface area (Å²) >= 11 is 0. The third-order valence-electron chi connectivity index (χ3n) is 4.86. The second-order valence-corrected chi connectivity index (χ2v) is 6.76. The van der Waals surface area contributed by atoms with Crippen molar-refractivity contribution in [2.45, 2.75) is 6.42 Å². The average molecular weight is 387 g/mol. The third kappa shape index (κ3) is 4.46. The molecule has 3 aromatic rings. The molecule has 5 heteroatoms. The maximum Gasteiger partial charge on any atom is 0.344 e. The number of ether oxygens (including phenoxy) is 2. The quantitative estimate of drug-likeness (QED) is 0.603. The van der Waals surface area contributed by atoms with Crippen molar-refractivity contribution in [2.24, 2.45) is 0 Å². The van der Waals surface area contributed by atoms with Crippen molar-refractivity contribution in [1.82, 2.24) is 0 Å². The Bertz CT molecular complexity index is 999. The molecule has 5 nitrogen and oxygen atoms in total. The SMILES string of the molecule is O=C(COc1ccc(-c2ccccc2)cc1)OCC(=O)N1CCc2ccccc21. The smallest absolute Gasteiger partial charge is 0.344 e. The Hall–Kier alpha value is -3.60. The van der Waals surface area contributed by atoms with Crippen LogP contribution in [-0.4, -0.2) is 31.6 Å². The number of fused-ring (bicyclic) bond motifs is 1. The van der Waals surface area contributed by atoms with Crippen LogP contribution in [0, 0.1) is 0 Å². The summed E-state index contributed by atoms with van der Waals surface area (Å²) in [6, 6.07) is 25.2. The van der Waals surface area contributed by atoms with Crippen LogP contribution >= 0.6 is 0 Å². The van der Waals surface area contributed by atoms with E-state index >= 15 is 0 Å². The van der Waals surface area contributed by atoms with E-state index in [1.807, 2.05) is 78.9 Å². The molecule has 0 spiro atoms. The molecular formula is C24H21NO4. The lowest BCUT2D eigenvalue weighted by molar-refractivity contribution is -0.149. The molecule has 0 bridgehead atoms. The van der Waals surface area contributed by atoms with Gasteiger partial charge in [-0.1, -0.05) is 60.7 Å². The van der Waals surface area contributed by atoms with Crippen LogP contribution in [0.15, 0.2) is 78.9 Å². The van der Waals surface area contributed by atoms with Crippen LogP contribution in [0.1, 0.15) is 5.56 Å². The Kier molecular flexibility index (Phi) is 5.56. The van der Waals surface area contributed by atoms with Gasteiger partial charge in [-0.2, -0.15) is 0 Å². The summed E-state index contributed by atoms with van der Waals surface area (Å²) < 4.78 is 10.6. The minimum Gasteiger partial charge on any atom is -0.482 e. The average Bonchev–Trinajstić information content (AvgIpc) is 3.21. The molecule has 0 aromatic heterocycles. The largest absolute Gasteiger partial charge is 0.482 e. The van der Waals surface area contributed by atoms with Crippen LogP contribution in [-0.2, 0) is 20.7 Å². The number of rotatable bonds is 6. The molecule has 0 aliphatic carbocycles. The van der Waals surface area contributed by atoms with Gasteiger partial charge in [0.15, 0.2) is 13.2 Å². The van der Waals surface area contributed by atoms with Gasteiger partial charge in [-0.15, -0.1) is 0 Å². The molecule has 29 heavy (non-hydrogen) atoms. The predicted molar refractivity (Wildman–Crippen MR) is 111 cm³/mol. The molecule has 1 aliphatic heterocycles. The van der Waals surface area contributed by atoms with Gasteiger partial charge in [-0.25, -0.2) is 4.79 Å². The summed E-state index contributed by atoms with van der Waals surface area (Å²) in [5.41, 5.74) is 4.20. The monoisotopic (exact) mass is 387 g/mol. The van der Waals surface area contributed by atoms with E-state index in [0.717, 1.165) is 28.8 Å². The highest BCUT2D eigenvalue weighted by Crippen LogP contribution is 2.27. The van der Waals surface area contributed by atoms with Gasteiger partial charge in [0.1, 0.15) is 5.75 Å². The van der Waals surface area contributed by atoms with Crippen molar-refractivity contribution in [3.63, 3.8) is 0 Å². The van der Waals surface area contributed by atoms with Crippen molar-refractivity contribution < 1.29 is 19.1 Å².